The van der Waals surface area contributed by atoms with Crippen molar-refractivity contribution in [1.82, 2.24) is 5.32 Å². The zero-order valence-electron chi connectivity index (χ0n) is 14.7. The van der Waals surface area contributed by atoms with Crippen LogP contribution in [0.3, 0.4) is 0 Å². The van der Waals surface area contributed by atoms with Crippen molar-refractivity contribution in [3.8, 4) is 5.75 Å². The summed E-state index contributed by atoms with van der Waals surface area (Å²) in [4.78, 5) is 0. The van der Waals surface area contributed by atoms with Gasteiger partial charge in [0.05, 0.1) is 18.9 Å². The van der Waals surface area contributed by atoms with Crippen LogP contribution in [-0.4, -0.2) is 18.5 Å². The summed E-state index contributed by atoms with van der Waals surface area (Å²) in [6.45, 7) is 1.64. The van der Waals surface area contributed by atoms with Gasteiger partial charge in [-0.2, -0.15) is 13.2 Å². The minimum absolute atomic E-state index is 0.419. The van der Waals surface area contributed by atoms with Gasteiger partial charge in [0, 0.05) is 11.5 Å². The molecule has 0 heterocycles. The van der Waals surface area contributed by atoms with Crippen molar-refractivity contribution in [2.24, 2.45) is 11.8 Å². The molecular weight excluding hydrogens is 362 g/mol. The Bertz CT molecular complexity index is 904. The minimum atomic E-state index is -4.77. The molecule has 3 atom stereocenters. The summed E-state index contributed by atoms with van der Waals surface area (Å²) in [7, 11) is 1.46. The number of ether oxygens (including phenoxy) is 1. The largest absolute Gasteiger partial charge is 0.496 e. The van der Waals surface area contributed by atoms with Crippen LogP contribution in [-0.2, 0) is 0 Å². The monoisotopic (exact) mass is 381 g/mol. The molecule has 1 aliphatic carbocycles. The second-order valence-corrected chi connectivity index (χ2v) is 6.50. The van der Waals surface area contributed by atoms with E-state index in [1.54, 1.807) is 25.1 Å². The maximum absolute atomic E-state index is 14.0. The second-order valence-electron chi connectivity index (χ2n) is 6.50. The Morgan fingerprint density at radius 1 is 1.11 bits per heavy atom. The van der Waals surface area contributed by atoms with E-state index in [4.69, 9.17) is 4.74 Å². The van der Waals surface area contributed by atoms with Crippen molar-refractivity contribution in [3.05, 3.63) is 65.6 Å². The lowest BCUT2D eigenvalue weighted by atomic mass is 9.80. The molecule has 2 N–H and O–H groups in total. The van der Waals surface area contributed by atoms with E-state index in [0.29, 0.717) is 11.3 Å². The SMILES string of the molecule is COc1ccc2ccccc2c1C(O)C1C=C(NC(F)(F)F)C(F)=CC1C. The van der Waals surface area contributed by atoms with E-state index < -0.39 is 35.8 Å². The zero-order valence-corrected chi connectivity index (χ0v) is 14.7. The number of methoxy groups -OCH3 is 1. The summed E-state index contributed by atoms with van der Waals surface area (Å²) in [6.07, 6.45) is -3.78. The van der Waals surface area contributed by atoms with Crippen LogP contribution in [0.4, 0.5) is 17.6 Å². The van der Waals surface area contributed by atoms with Gasteiger partial charge in [0.15, 0.2) is 0 Å². The number of halogens is 4. The normalized spacial score (nSPS) is 21.4. The van der Waals surface area contributed by atoms with Crippen LogP contribution in [0.1, 0.15) is 18.6 Å². The number of alkyl halides is 3. The number of aliphatic hydroxyl groups excluding tert-OH is 1. The molecule has 0 bridgehead atoms. The number of hydrogen-bond acceptors (Lipinski definition) is 3. The molecule has 0 fully saturated rings. The lowest BCUT2D eigenvalue weighted by molar-refractivity contribution is -0.149. The number of fused-ring (bicyclic) bond motifs is 1. The Labute approximate surface area is 153 Å². The number of benzene rings is 2. The molecule has 3 rings (SSSR count). The molecule has 0 aliphatic heterocycles. The van der Waals surface area contributed by atoms with Crippen molar-refractivity contribution in [2.75, 3.05) is 7.11 Å². The van der Waals surface area contributed by atoms with Gasteiger partial charge in [0.25, 0.3) is 0 Å². The predicted molar refractivity (Wildman–Crippen MR) is 94.6 cm³/mol. The molecule has 0 aromatic heterocycles. The van der Waals surface area contributed by atoms with E-state index in [0.717, 1.165) is 22.9 Å². The van der Waals surface area contributed by atoms with E-state index in [-0.39, 0.29) is 0 Å². The van der Waals surface area contributed by atoms with Gasteiger partial charge in [0.2, 0.25) is 0 Å². The highest BCUT2D eigenvalue weighted by Crippen LogP contribution is 2.42. The van der Waals surface area contributed by atoms with Crippen molar-refractivity contribution in [3.63, 3.8) is 0 Å². The highest BCUT2D eigenvalue weighted by Gasteiger charge is 2.35. The Kier molecular flexibility index (Phi) is 5.15. The van der Waals surface area contributed by atoms with E-state index in [1.807, 2.05) is 18.2 Å². The van der Waals surface area contributed by atoms with E-state index >= 15 is 0 Å². The third-order valence-corrected chi connectivity index (χ3v) is 4.72. The second kappa shape index (κ2) is 7.23. The number of rotatable bonds is 4. The maximum Gasteiger partial charge on any atom is 0.482 e. The van der Waals surface area contributed by atoms with Gasteiger partial charge in [0.1, 0.15) is 11.6 Å². The van der Waals surface area contributed by atoms with E-state index in [2.05, 4.69) is 0 Å². The molecular formula is C20H19F4NO2. The zero-order chi connectivity index (χ0) is 19.8. The first kappa shape index (κ1) is 19.2. The van der Waals surface area contributed by atoms with Gasteiger partial charge >= 0.3 is 6.30 Å². The maximum atomic E-state index is 14.0. The third-order valence-electron chi connectivity index (χ3n) is 4.72. The molecule has 0 spiro atoms. The Morgan fingerprint density at radius 3 is 2.48 bits per heavy atom. The summed E-state index contributed by atoms with van der Waals surface area (Å²) in [5, 5.41) is 13.8. The van der Waals surface area contributed by atoms with Gasteiger partial charge < -0.3 is 9.84 Å². The number of aliphatic hydroxyl groups is 1. The standard InChI is InChI=1S/C20H19F4NO2/c1-11-9-15(21)16(25-20(22,23)24)10-14(11)19(26)18-13-6-4-3-5-12(13)7-8-17(18)27-2/h3-11,14,19,25-26H,1-2H3. The van der Waals surface area contributed by atoms with Crippen LogP contribution >= 0.6 is 0 Å². The van der Waals surface area contributed by atoms with Crippen molar-refractivity contribution < 1.29 is 27.4 Å². The van der Waals surface area contributed by atoms with E-state index in [9.17, 15) is 22.7 Å². The van der Waals surface area contributed by atoms with Crippen molar-refractivity contribution in [1.29, 1.82) is 0 Å². The highest BCUT2D eigenvalue weighted by atomic mass is 19.4. The Balaban J connectivity index is 2.07. The van der Waals surface area contributed by atoms with Gasteiger partial charge in [-0.1, -0.05) is 43.3 Å². The van der Waals surface area contributed by atoms with Crippen LogP contribution in [0.25, 0.3) is 10.8 Å². The van der Waals surface area contributed by atoms with Crippen molar-refractivity contribution >= 4 is 10.8 Å². The number of allylic oxidation sites excluding steroid dienone is 2. The fraction of sp³-hybridized carbons (Fsp3) is 0.300. The molecule has 3 nitrogen and oxygen atoms in total. The molecule has 27 heavy (non-hydrogen) atoms. The average Bonchev–Trinajstić information content (AvgIpc) is 2.61. The molecule has 0 saturated carbocycles. The van der Waals surface area contributed by atoms with Crippen LogP contribution in [0, 0.1) is 11.8 Å². The number of hydrogen-bond donors (Lipinski definition) is 2. The van der Waals surface area contributed by atoms with Gasteiger partial charge in [-0.05, 0) is 28.8 Å². The molecule has 3 unspecified atom stereocenters. The minimum Gasteiger partial charge on any atom is -0.496 e. The van der Waals surface area contributed by atoms with Gasteiger partial charge in [-0.3, -0.25) is 5.32 Å². The predicted octanol–water partition coefficient (Wildman–Crippen LogP) is 4.99. The lowest BCUT2D eigenvalue weighted by Crippen LogP contribution is -2.34. The van der Waals surface area contributed by atoms with E-state index in [1.165, 1.54) is 12.4 Å². The quantitative estimate of drug-likeness (QED) is 0.579. The molecule has 144 valence electrons. The molecule has 2 aromatic carbocycles. The lowest BCUT2D eigenvalue weighted by Gasteiger charge is -2.30. The Morgan fingerprint density at radius 2 is 1.81 bits per heavy atom. The fourth-order valence-corrected chi connectivity index (χ4v) is 3.44. The summed E-state index contributed by atoms with van der Waals surface area (Å²) in [5.74, 6) is -1.85. The molecule has 1 aliphatic rings. The molecule has 0 radical (unpaired) electrons. The summed E-state index contributed by atoms with van der Waals surface area (Å²) in [5.41, 5.74) is -0.227. The van der Waals surface area contributed by atoms with Crippen LogP contribution in [0.5, 0.6) is 5.75 Å². The number of nitrogens with one attached hydrogen (secondary N) is 1. The topological polar surface area (TPSA) is 41.5 Å². The molecule has 7 heteroatoms. The first-order valence-electron chi connectivity index (χ1n) is 8.39. The van der Waals surface area contributed by atoms with Gasteiger partial charge in [-0.25, -0.2) is 4.39 Å². The summed E-state index contributed by atoms with van der Waals surface area (Å²) in [6, 6.07) is 10.8. The summed E-state index contributed by atoms with van der Waals surface area (Å²) < 4.78 is 57.3. The van der Waals surface area contributed by atoms with Crippen molar-refractivity contribution in [2.45, 2.75) is 19.3 Å². The van der Waals surface area contributed by atoms with Gasteiger partial charge in [-0.15, -0.1) is 0 Å². The molecule has 2 aromatic rings. The highest BCUT2D eigenvalue weighted by molar-refractivity contribution is 5.88. The van der Waals surface area contributed by atoms with Crippen LogP contribution in [0.2, 0.25) is 0 Å². The third kappa shape index (κ3) is 3.93. The molecule has 0 amide bonds. The fourth-order valence-electron chi connectivity index (χ4n) is 3.44. The molecule has 0 saturated heterocycles. The first-order chi connectivity index (χ1) is 12.7. The van der Waals surface area contributed by atoms with Crippen LogP contribution in [0.15, 0.2) is 60.1 Å². The smallest absolute Gasteiger partial charge is 0.482 e. The summed E-state index contributed by atoms with van der Waals surface area (Å²) >= 11 is 0. The van der Waals surface area contributed by atoms with Crippen LogP contribution < -0.4 is 10.1 Å². The first-order valence-corrected chi connectivity index (χ1v) is 8.39. The average molecular weight is 381 g/mol. The Hall–Kier alpha value is -2.54.